The van der Waals surface area contributed by atoms with Crippen LogP contribution in [0.3, 0.4) is 0 Å². The molecule has 2 bridgehead atoms. The van der Waals surface area contributed by atoms with Crippen molar-refractivity contribution in [3.05, 3.63) is 0 Å². The molecule has 3 spiro atoms. The third kappa shape index (κ3) is 4.07. The largest absolute Gasteiger partial charge is 0.388 e. The second-order valence-corrected chi connectivity index (χ2v) is 19.3. The average Bonchev–Trinajstić information content (AvgIpc) is 3.41. The highest BCUT2D eigenvalue weighted by atomic mass is 16.8. The minimum atomic E-state index is -0.864. The van der Waals surface area contributed by atoms with Crippen LogP contribution in [0, 0.1) is 45.3 Å². The molecule has 0 aromatic heterocycles. The molecule has 0 radical (unpaired) electrons. The quantitative estimate of drug-likeness (QED) is 0.412. The first-order chi connectivity index (χ1) is 21.2. The molecule has 9 rings (SSSR count). The Bertz CT molecular complexity index is 1200. The van der Waals surface area contributed by atoms with E-state index < -0.39 is 11.4 Å². The maximum Gasteiger partial charge on any atom is 0.173 e. The number of morpholine rings is 1. The summed E-state index contributed by atoms with van der Waals surface area (Å²) in [7, 11) is 0. The van der Waals surface area contributed by atoms with Gasteiger partial charge in [-0.15, -0.1) is 0 Å². The fourth-order valence-electron chi connectivity index (χ4n) is 14.2. The minimum absolute atomic E-state index is 0.0433. The monoisotopic (exact) mass is 626 g/mol. The van der Waals surface area contributed by atoms with Crippen molar-refractivity contribution in [1.82, 2.24) is 9.80 Å². The van der Waals surface area contributed by atoms with Crippen LogP contribution in [0.5, 0.6) is 0 Å². The maximum absolute atomic E-state index is 11.0. The van der Waals surface area contributed by atoms with Crippen LogP contribution in [0.2, 0.25) is 0 Å². The Balaban J connectivity index is 0.906. The molecule has 9 aliphatic rings. The molecule has 5 saturated carbocycles. The molecule has 5 aliphatic carbocycles. The van der Waals surface area contributed by atoms with E-state index >= 15 is 0 Å². The molecule has 12 atom stereocenters. The molecule has 4 aliphatic heterocycles. The molecule has 0 aromatic rings. The van der Waals surface area contributed by atoms with E-state index in [4.69, 9.17) is 18.9 Å². The average molecular weight is 627 g/mol. The lowest BCUT2D eigenvalue weighted by atomic mass is 9.46. The van der Waals surface area contributed by atoms with Gasteiger partial charge in [-0.25, -0.2) is 0 Å². The summed E-state index contributed by atoms with van der Waals surface area (Å²) in [5, 5.41) is 11.0. The predicted octanol–water partition coefficient (Wildman–Crippen LogP) is 5.83. The van der Waals surface area contributed by atoms with Gasteiger partial charge in [0.2, 0.25) is 0 Å². The van der Waals surface area contributed by atoms with Gasteiger partial charge < -0.3 is 24.1 Å². The highest BCUT2D eigenvalue weighted by molar-refractivity contribution is 5.30. The summed E-state index contributed by atoms with van der Waals surface area (Å²) < 4.78 is 27.1. The van der Waals surface area contributed by atoms with E-state index in [0.29, 0.717) is 40.2 Å². The van der Waals surface area contributed by atoms with Crippen molar-refractivity contribution >= 4 is 0 Å². The first-order valence-corrected chi connectivity index (χ1v) is 19.1. The van der Waals surface area contributed by atoms with Crippen LogP contribution in [0.25, 0.3) is 0 Å². The van der Waals surface area contributed by atoms with E-state index in [1.807, 2.05) is 13.8 Å². The van der Waals surface area contributed by atoms with E-state index in [0.717, 1.165) is 44.4 Å². The summed E-state index contributed by atoms with van der Waals surface area (Å²) >= 11 is 0. The van der Waals surface area contributed by atoms with Gasteiger partial charge in [0.15, 0.2) is 12.1 Å². The predicted molar refractivity (Wildman–Crippen MR) is 172 cm³/mol. The highest BCUT2D eigenvalue weighted by Crippen LogP contribution is 2.87. The summed E-state index contributed by atoms with van der Waals surface area (Å²) in [6.07, 6.45) is 12.6. The first-order valence-electron chi connectivity index (χ1n) is 19.1. The number of rotatable bonds is 5. The lowest BCUT2D eigenvalue weighted by molar-refractivity contribution is -0.250. The summed E-state index contributed by atoms with van der Waals surface area (Å²) in [4.78, 5) is 5.22. The fourth-order valence-corrected chi connectivity index (χ4v) is 14.2. The number of ether oxygens (including phenoxy) is 4. The van der Waals surface area contributed by atoms with Gasteiger partial charge in [0.25, 0.3) is 0 Å². The van der Waals surface area contributed by atoms with Crippen molar-refractivity contribution in [2.75, 3.05) is 32.8 Å². The van der Waals surface area contributed by atoms with Crippen molar-refractivity contribution in [2.24, 2.45) is 45.3 Å². The van der Waals surface area contributed by atoms with Crippen LogP contribution < -0.4 is 0 Å². The van der Waals surface area contributed by atoms with Crippen molar-refractivity contribution in [3.63, 3.8) is 0 Å². The molecule has 4 heterocycles. The molecule has 12 unspecified atom stereocenters. The molecule has 254 valence electrons. The van der Waals surface area contributed by atoms with Gasteiger partial charge in [-0.2, -0.15) is 0 Å². The Morgan fingerprint density at radius 3 is 2.40 bits per heavy atom. The molecule has 1 N–H and O–H groups in total. The second kappa shape index (κ2) is 9.69. The van der Waals surface area contributed by atoms with E-state index in [2.05, 4.69) is 44.4 Å². The van der Waals surface area contributed by atoms with E-state index in [9.17, 15) is 5.11 Å². The number of nitrogens with zero attached hydrogens (tertiary/aromatic N) is 2. The van der Waals surface area contributed by atoms with Crippen molar-refractivity contribution in [3.8, 4) is 0 Å². The van der Waals surface area contributed by atoms with Gasteiger partial charge in [-0.3, -0.25) is 9.80 Å². The Kier molecular flexibility index (Phi) is 6.63. The molecule has 7 nitrogen and oxygen atoms in total. The molecular weight excluding hydrogens is 564 g/mol. The van der Waals surface area contributed by atoms with Crippen molar-refractivity contribution in [2.45, 2.75) is 161 Å². The summed E-state index contributed by atoms with van der Waals surface area (Å²) in [5.74, 6) is 2.19. The van der Waals surface area contributed by atoms with Crippen LogP contribution in [-0.2, 0) is 18.9 Å². The number of hydrogen-bond acceptors (Lipinski definition) is 7. The maximum atomic E-state index is 11.0. The van der Waals surface area contributed by atoms with Gasteiger partial charge in [-0.05, 0) is 125 Å². The van der Waals surface area contributed by atoms with Crippen LogP contribution in [0.4, 0.5) is 0 Å². The van der Waals surface area contributed by atoms with Gasteiger partial charge in [-0.1, -0.05) is 20.8 Å². The van der Waals surface area contributed by atoms with E-state index in [-0.39, 0.29) is 30.0 Å². The fraction of sp³-hybridized carbons (Fsp3) is 1.00. The van der Waals surface area contributed by atoms with Crippen LogP contribution >= 0.6 is 0 Å². The Labute approximate surface area is 272 Å². The Morgan fingerprint density at radius 2 is 1.64 bits per heavy atom. The zero-order valence-electron chi connectivity index (χ0n) is 29.4. The summed E-state index contributed by atoms with van der Waals surface area (Å²) in [6, 6.07) is 1.30. The van der Waals surface area contributed by atoms with Gasteiger partial charge >= 0.3 is 0 Å². The van der Waals surface area contributed by atoms with Crippen molar-refractivity contribution < 1.29 is 24.1 Å². The number of hydrogen-bond donors (Lipinski definition) is 1. The lowest BCUT2D eigenvalue weighted by Gasteiger charge is -2.60. The van der Waals surface area contributed by atoms with Gasteiger partial charge in [0.05, 0.1) is 24.4 Å². The normalized spacial score (nSPS) is 54.1. The first kappa shape index (κ1) is 30.8. The zero-order chi connectivity index (χ0) is 31.4. The molecule has 0 amide bonds. The van der Waals surface area contributed by atoms with Gasteiger partial charge in [0.1, 0.15) is 6.10 Å². The lowest BCUT2D eigenvalue weighted by Crippen LogP contribution is -2.64. The third-order valence-electron chi connectivity index (χ3n) is 16.5. The minimum Gasteiger partial charge on any atom is -0.388 e. The SMILES string of the molecule is CC(C)N1CC(N2CCOC(OC3CCC45CC46CCC4(C)C(CC78OC(CCC74)C(C(C)(C)O)O8)C6CCC5C3(C)C)C2)C1. The Hall–Kier alpha value is -0.280. The number of likely N-dealkylation sites (tertiary alicyclic amines) is 1. The third-order valence-corrected chi connectivity index (χ3v) is 16.5. The second-order valence-electron chi connectivity index (χ2n) is 19.3. The van der Waals surface area contributed by atoms with Crippen molar-refractivity contribution in [1.29, 1.82) is 0 Å². The number of fused-ring (bicyclic) bond motifs is 4. The zero-order valence-corrected chi connectivity index (χ0v) is 29.4. The summed E-state index contributed by atoms with van der Waals surface area (Å²) in [6.45, 7) is 21.3. The number of aliphatic hydroxyl groups is 1. The molecular formula is C38H62N2O5. The standard InChI is InChI=1S/C38H62N2O5/c1-23(2)40-19-24(20-40)39-16-17-42-31(21-39)43-30-12-13-37-22-36(37)15-14-35(7)26(25(36)8-10-28(37)33(30,3)4)18-38-29(35)11-9-27(44-38)32(45-38)34(5,6)41/h23-32,41H,8-22H2,1-7H3. The van der Waals surface area contributed by atoms with Crippen LogP contribution in [0.15, 0.2) is 0 Å². The van der Waals surface area contributed by atoms with Crippen LogP contribution in [0.1, 0.15) is 113 Å². The molecule has 45 heavy (non-hydrogen) atoms. The molecule has 9 fully saturated rings. The van der Waals surface area contributed by atoms with E-state index in [1.54, 1.807) is 0 Å². The summed E-state index contributed by atoms with van der Waals surface area (Å²) in [5.41, 5.74) is 0.588. The molecule has 0 aromatic carbocycles. The molecule has 4 saturated heterocycles. The molecule has 7 heteroatoms. The van der Waals surface area contributed by atoms with E-state index in [1.165, 1.54) is 64.5 Å². The Morgan fingerprint density at radius 1 is 0.867 bits per heavy atom. The highest BCUT2D eigenvalue weighted by Gasteiger charge is 2.82. The smallest absolute Gasteiger partial charge is 0.173 e. The van der Waals surface area contributed by atoms with Gasteiger partial charge in [0, 0.05) is 50.6 Å². The topological polar surface area (TPSA) is 63.6 Å². The van der Waals surface area contributed by atoms with Crippen LogP contribution in [-0.4, -0.2) is 95.8 Å².